The predicted molar refractivity (Wildman–Crippen MR) is 90.2 cm³/mol. The van der Waals surface area contributed by atoms with Crippen molar-refractivity contribution in [2.75, 3.05) is 5.32 Å². The Balaban J connectivity index is 1.90. The Hall–Kier alpha value is -2.11. The van der Waals surface area contributed by atoms with Crippen LogP contribution in [0.2, 0.25) is 5.02 Å². The van der Waals surface area contributed by atoms with Gasteiger partial charge in [-0.3, -0.25) is 4.79 Å². The second kappa shape index (κ2) is 6.34. The Kier molecular flexibility index (Phi) is 4.27. The molecule has 0 atom stereocenters. The molecule has 3 aromatic rings. The number of hydrogen-bond donors (Lipinski definition) is 1. The van der Waals surface area contributed by atoms with E-state index in [0.717, 1.165) is 17.8 Å². The lowest BCUT2D eigenvalue weighted by Crippen LogP contribution is -2.11. The first-order valence-corrected chi connectivity index (χ1v) is 8.13. The van der Waals surface area contributed by atoms with Crippen molar-refractivity contribution in [1.82, 2.24) is 9.78 Å². The van der Waals surface area contributed by atoms with Gasteiger partial charge in [0.25, 0.3) is 5.91 Å². The molecule has 3 rings (SSSR count). The Labute approximate surface area is 137 Å². The molecule has 2 heterocycles. The number of rotatable bonds is 4. The lowest BCUT2D eigenvalue weighted by Gasteiger charge is -2.05. The van der Waals surface area contributed by atoms with E-state index >= 15 is 0 Å². The summed E-state index contributed by atoms with van der Waals surface area (Å²) in [4.78, 5) is 12.8. The number of nitrogens with one attached hydrogen (secondary N) is 1. The van der Waals surface area contributed by atoms with E-state index in [1.807, 2.05) is 48.7 Å². The molecule has 22 heavy (non-hydrogen) atoms. The van der Waals surface area contributed by atoms with Crippen LogP contribution in [0.3, 0.4) is 0 Å². The van der Waals surface area contributed by atoms with Gasteiger partial charge in [0.15, 0.2) is 5.82 Å². The third-order valence-electron chi connectivity index (χ3n) is 3.18. The van der Waals surface area contributed by atoms with E-state index < -0.39 is 0 Å². The number of hydrogen-bond acceptors (Lipinski definition) is 3. The number of aromatic nitrogens is 2. The van der Waals surface area contributed by atoms with Crippen LogP contribution < -0.4 is 5.32 Å². The van der Waals surface area contributed by atoms with Gasteiger partial charge in [0.1, 0.15) is 0 Å². The molecule has 0 aliphatic rings. The molecule has 1 amide bonds. The zero-order valence-corrected chi connectivity index (χ0v) is 13.5. The monoisotopic (exact) mass is 331 g/mol. The minimum atomic E-state index is -0.145. The van der Waals surface area contributed by atoms with Crippen LogP contribution >= 0.6 is 22.9 Å². The highest BCUT2D eigenvalue weighted by Gasteiger charge is 2.12. The van der Waals surface area contributed by atoms with Gasteiger partial charge in [-0.1, -0.05) is 30.7 Å². The van der Waals surface area contributed by atoms with E-state index in [0.29, 0.717) is 15.7 Å². The SMILES string of the molecule is CCc1cc(NC(=O)c2cccs2)nn1-c1cccc(Cl)c1. The summed E-state index contributed by atoms with van der Waals surface area (Å²) >= 11 is 7.44. The number of carbonyl (C=O) groups is 1. The van der Waals surface area contributed by atoms with E-state index in [4.69, 9.17) is 11.6 Å². The van der Waals surface area contributed by atoms with Crippen LogP contribution in [-0.4, -0.2) is 15.7 Å². The van der Waals surface area contributed by atoms with Gasteiger partial charge in [0, 0.05) is 16.8 Å². The van der Waals surface area contributed by atoms with Crippen molar-refractivity contribution in [3.8, 4) is 5.69 Å². The molecule has 0 saturated carbocycles. The highest BCUT2D eigenvalue weighted by Crippen LogP contribution is 2.20. The van der Waals surface area contributed by atoms with E-state index in [1.165, 1.54) is 11.3 Å². The summed E-state index contributed by atoms with van der Waals surface area (Å²) in [6.45, 7) is 2.04. The summed E-state index contributed by atoms with van der Waals surface area (Å²) in [5, 5.41) is 9.83. The van der Waals surface area contributed by atoms with Gasteiger partial charge in [-0.25, -0.2) is 4.68 Å². The maximum Gasteiger partial charge on any atom is 0.266 e. The molecule has 1 N–H and O–H groups in total. The Morgan fingerprint density at radius 1 is 1.32 bits per heavy atom. The van der Waals surface area contributed by atoms with Crippen LogP contribution in [0.15, 0.2) is 47.8 Å². The van der Waals surface area contributed by atoms with E-state index in [1.54, 1.807) is 10.7 Å². The molecule has 0 fully saturated rings. The molecule has 0 saturated heterocycles. The van der Waals surface area contributed by atoms with Gasteiger partial charge in [-0.15, -0.1) is 16.4 Å². The maximum absolute atomic E-state index is 12.1. The average Bonchev–Trinajstić information content (AvgIpc) is 3.16. The number of aryl methyl sites for hydroxylation is 1. The number of halogens is 1. The minimum absolute atomic E-state index is 0.145. The maximum atomic E-state index is 12.1. The van der Waals surface area contributed by atoms with E-state index in [2.05, 4.69) is 10.4 Å². The summed E-state index contributed by atoms with van der Waals surface area (Å²) in [6.07, 6.45) is 0.800. The summed E-state index contributed by atoms with van der Waals surface area (Å²) in [5.41, 5.74) is 1.88. The third kappa shape index (κ3) is 3.05. The smallest absolute Gasteiger partial charge is 0.266 e. The van der Waals surface area contributed by atoms with E-state index in [9.17, 15) is 4.79 Å². The number of thiophene rings is 1. The van der Waals surface area contributed by atoms with Crippen LogP contribution in [0.5, 0.6) is 0 Å². The number of amides is 1. The summed E-state index contributed by atoms with van der Waals surface area (Å²) in [6, 6.07) is 13.0. The number of nitrogens with zero attached hydrogens (tertiary/aromatic N) is 2. The summed E-state index contributed by atoms with van der Waals surface area (Å²) in [7, 11) is 0. The average molecular weight is 332 g/mol. The normalized spacial score (nSPS) is 10.6. The molecule has 0 aliphatic carbocycles. The lowest BCUT2D eigenvalue weighted by atomic mass is 10.3. The van der Waals surface area contributed by atoms with Crippen LogP contribution in [0, 0.1) is 0 Å². The molecule has 0 spiro atoms. The van der Waals surface area contributed by atoms with Gasteiger partial charge in [-0.2, -0.15) is 0 Å². The number of anilines is 1. The van der Waals surface area contributed by atoms with Crippen LogP contribution in [0.25, 0.3) is 5.69 Å². The molecule has 0 unspecified atom stereocenters. The van der Waals surface area contributed by atoms with Crippen molar-refractivity contribution in [2.24, 2.45) is 0 Å². The van der Waals surface area contributed by atoms with E-state index in [-0.39, 0.29) is 5.91 Å². The van der Waals surface area contributed by atoms with Crippen molar-refractivity contribution in [1.29, 1.82) is 0 Å². The molecular weight excluding hydrogens is 318 g/mol. The van der Waals surface area contributed by atoms with Gasteiger partial charge < -0.3 is 5.32 Å². The lowest BCUT2D eigenvalue weighted by molar-refractivity contribution is 0.103. The Morgan fingerprint density at radius 2 is 2.18 bits per heavy atom. The highest BCUT2D eigenvalue weighted by molar-refractivity contribution is 7.12. The van der Waals surface area contributed by atoms with Crippen molar-refractivity contribution < 1.29 is 4.79 Å². The summed E-state index contributed by atoms with van der Waals surface area (Å²) in [5.74, 6) is 0.392. The fraction of sp³-hybridized carbons (Fsp3) is 0.125. The Morgan fingerprint density at radius 3 is 2.86 bits per heavy atom. The molecule has 0 aliphatic heterocycles. The fourth-order valence-electron chi connectivity index (χ4n) is 2.15. The number of benzene rings is 1. The first kappa shape index (κ1) is 14.8. The molecule has 6 heteroatoms. The van der Waals surface area contributed by atoms with Crippen molar-refractivity contribution in [3.05, 3.63) is 63.4 Å². The molecule has 112 valence electrons. The van der Waals surface area contributed by atoms with Crippen molar-refractivity contribution in [2.45, 2.75) is 13.3 Å². The number of carbonyl (C=O) groups excluding carboxylic acids is 1. The molecule has 4 nitrogen and oxygen atoms in total. The van der Waals surface area contributed by atoms with Crippen molar-refractivity contribution in [3.63, 3.8) is 0 Å². The van der Waals surface area contributed by atoms with Crippen LogP contribution in [0.1, 0.15) is 22.3 Å². The van der Waals surface area contributed by atoms with Crippen LogP contribution in [-0.2, 0) is 6.42 Å². The fourth-order valence-corrected chi connectivity index (χ4v) is 2.95. The zero-order chi connectivity index (χ0) is 15.5. The predicted octanol–water partition coefficient (Wildman–Crippen LogP) is 4.40. The Bertz CT molecular complexity index is 796. The standard InChI is InChI=1S/C16H14ClN3OS/c1-2-12-10-15(18-16(21)14-7-4-8-22-14)19-20(12)13-6-3-5-11(17)9-13/h3-10H,2H2,1H3,(H,18,19,21). The third-order valence-corrected chi connectivity index (χ3v) is 4.29. The first-order chi connectivity index (χ1) is 10.7. The molecule has 0 radical (unpaired) electrons. The quantitative estimate of drug-likeness (QED) is 0.770. The largest absolute Gasteiger partial charge is 0.304 e. The highest BCUT2D eigenvalue weighted by atomic mass is 35.5. The zero-order valence-electron chi connectivity index (χ0n) is 11.9. The van der Waals surface area contributed by atoms with Crippen molar-refractivity contribution >= 4 is 34.7 Å². The molecule has 1 aromatic carbocycles. The molecule has 0 bridgehead atoms. The van der Waals surface area contributed by atoms with Gasteiger partial charge in [0.2, 0.25) is 0 Å². The van der Waals surface area contributed by atoms with Gasteiger partial charge in [-0.05, 0) is 36.1 Å². The van der Waals surface area contributed by atoms with Gasteiger partial charge in [0.05, 0.1) is 10.6 Å². The first-order valence-electron chi connectivity index (χ1n) is 6.87. The minimum Gasteiger partial charge on any atom is -0.304 e. The second-order valence-electron chi connectivity index (χ2n) is 4.70. The topological polar surface area (TPSA) is 46.9 Å². The molecular formula is C16H14ClN3OS. The van der Waals surface area contributed by atoms with Crippen LogP contribution in [0.4, 0.5) is 5.82 Å². The summed E-state index contributed by atoms with van der Waals surface area (Å²) < 4.78 is 1.80. The molecule has 2 aromatic heterocycles. The van der Waals surface area contributed by atoms with Gasteiger partial charge >= 0.3 is 0 Å². The second-order valence-corrected chi connectivity index (χ2v) is 6.08.